The lowest BCUT2D eigenvalue weighted by atomic mass is 9.50. The van der Waals surface area contributed by atoms with Crippen LogP contribution in [0.15, 0.2) is 76.0 Å². The molecule has 2 saturated carbocycles. The van der Waals surface area contributed by atoms with Crippen LogP contribution in [0.4, 0.5) is 22.0 Å². The molecule has 0 bridgehead atoms. The van der Waals surface area contributed by atoms with Crippen molar-refractivity contribution in [2.75, 3.05) is 32.7 Å². The molecule has 10 heteroatoms. The monoisotopic (exact) mass is 671 g/mol. The van der Waals surface area contributed by atoms with Gasteiger partial charge in [-0.15, -0.1) is 0 Å². The maximum atomic E-state index is 15.3. The average Bonchev–Trinajstić information content (AvgIpc) is 3.34. The second-order valence-corrected chi connectivity index (χ2v) is 14.6. The van der Waals surface area contributed by atoms with E-state index in [1.54, 1.807) is 12.3 Å². The molecule has 0 radical (unpaired) electrons. The number of fused-ring (bicyclic) bond motifs is 4. The number of nitrogens with zero attached hydrogens (tertiary/aromatic N) is 3. The van der Waals surface area contributed by atoms with Gasteiger partial charge in [-0.25, -0.2) is 0 Å². The highest BCUT2D eigenvalue weighted by Gasteiger charge is 2.79. The maximum absolute atomic E-state index is 15.3. The smallest absolute Gasteiger partial charge is 0.383 e. The number of benzene rings is 1. The molecule has 1 aromatic carbocycles. The molecule has 5 nitrogen and oxygen atoms in total. The second kappa shape index (κ2) is 13.1. The highest BCUT2D eigenvalue weighted by atomic mass is 19.4. The molecule has 5 aliphatic rings. The van der Waals surface area contributed by atoms with Crippen molar-refractivity contribution in [1.29, 1.82) is 0 Å². The Kier molecular flexibility index (Phi) is 9.50. The van der Waals surface area contributed by atoms with E-state index >= 15 is 8.78 Å². The number of hydrogen-bond acceptors (Lipinski definition) is 5. The van der Waals surface area contributed by atoms with Crippen LogP contribution in [0.2, 0.25) is 0 Å². The van der Waals surface area contributed by atoms with Crippen LogP contribution in [-0.4, -0.2) is 77.8 Å². The molecular formula is C38H46F5N3O2. The topological polar surface area (TPSA) is 56.1 Å². The van der Waals surface area contributed by atoms with E-state index in [9.17, 15) is 23.1 Å². The van der Waals surface area contributed by atoms with Crippen molar-refractivity contribution >= 4 is 12.5 Å². The summed E-state index contributed by atoms with van der Waals surface area (Å²) in [5, 5.41) is 11.5. The van der Waals surface area contributed by atoms with Gasteiger partial charge in [-0.3, -0.25) is 19.6 Å². The molecule has 0 aromatic heterocycles. The largest absolute Gasteiger partial charge is 0.456 e. The molecule has 1 N–H and O–H groups in total. The third kappa shape index (κ3) is 5.96. The summed E-state index contributed by atoms with van der Waals surface area (Å²) in [5.74, 6) is -6.34. The number of halogens is 5. The van der Waals surface area contributed by atoms with Crippen LogP contribution in [-0.2, 0) is 11.3 Å². The number of piperazine rings is 1. The van der Waals surface area contributed by atoms with Crippen LogP contribution in [0.1, 0.15) is 75.8 Å². The van der Waals surface area contributed by atoms with Crippen LogP contribution in [0.25, 0.3) is 0 Å². The van der Waals surface area contributed by atoms with Gasteiger partial charge in [-0.05, 0) is 104 Å². The van der Waals surface area contributed by atoms with Gasteiger partial charge in [0.05, 0.1) is 0 Å². The van der Waals surface area contributed by atoms with E-state index in [0.717, 1.165) is 67.1 Å². The molecule has 1 saturated heterocycles. The summed E-state index contributed by atoms with van der Waals surface area (Å²) < 4.78 is 72.2. The van der Waals surface area contributed by atoms with E-state index in [-0.39, 0.29) is 24.5 Å². The number of rotatable bonds is 8. The van der Waals surface area contributed by atoms with Crippen LogP contribution in [0, 0.1) is 17.3 Å². The normalized spacial score (nSPS) is 32.2. The van der Waals surface area contributed by atoms with E-state index in [1.165, 1.54) is 12.5 Å². The molecule has 4 aliphatic carbocycles. The highest BCUT2D eigenvalue weighted by Crippen LogP contribution is 2.70. The van der Waals surface area contributed by atoms with Crippen LogP contribution < -0.4 is 0 Å². The van der Waals surface area contributed by atoms with Gasteiger partial charge in [0.2, 0.25) is 0 Å². The predicted octanol–water partition coefficient (Wildman–Crippen LogP) is 7.79. The molecule has 0 amide bonds. The van der Waals surface area contributed by atoms with Gasteiger partial charge in [0.25, 0.3) is 0 Å². The highest BCUT2D eigenvalue weighted by molar-refractivity contribution is 5.93. The van der Waals surface area contributed by atoms with Crippen molar-refractivity contribution in [2.24, 2.45) is 22.2 Å². The van der Waals surface area contributed by atoms with Gasteiger partial charge in [-0.1, -0.05) is 42.8 Å². The van der Waals surface area contributed by atoms with Gasteiger partial charge < -0.3 is 5.11 Å². The Labute approximate surface area is 280 Å². The third-order valence-corrected chi connectivity index (χ3v) is 12.2. The van der Waals surface area contributed by atoms with Crippen LogP contribution >= 0.6 is 0 Å². The Hall–Kier alpha value is -2.95. The number of hydrogen-bond donors (Lipinski definition) is 1. The van der Waals surface area contributed by atoms with Gasteiger partial charge in [-0.2, -0.15) is 22.0 Å². The summed E-state index contributed by atoms with van der Waals surface area (Å²) in [6.45, 7) is 12.2. The fourth-order valence-corrected chi connectivity index (χ4v) is 9.58. The molecule has 5 atom stereocenters. The van der Waals surface area contributed by atoms with Crippen molar-refractivity contribution in [3.8, 4) is 0 Å². The van der Waals surface area contributed by atoms with E-state index in [4.69, 9.17) is 0 Å². The quantitative estimate of drug-likeness (QED) is 0.174. The molecule has 2 unspecified atom stereocenters. The van der Waals surface area contributed by atoms with E-state index in [2.05, 4.69) is 27.6 Å². The predicted molar refractivity (Wildman–Crippen MR) is 177 cm³/mol. The molecule has 6 rings (SSSR count). The number of alkyl halides is 5. The second-order valence-electron chi connectivity index (χ2n) is 14.6. The standard InChI is InChI=1S/C38H46F5N3O2/c1-4-25(14-16-44-3)23-45-17-19-46(20-18-45)24-26-5-7-27(8-6-26)32-22-35(2)33(13-15-36(35,48)37(39,40)38(41,42)43)31-11-9-28-21-29(47)10-12-30(28)34(31)32/h4-8,14,16,21,31-33,48H,3,9-13,15,17-20,22-24H2,1-2H3/b16-14-,25-4+/t31?,32-,33?,35+,36+/m1/s1. The lowest BCUT2D eigenvalue weighted by Crippen LogP contribution is -2.65. The lowest BCUT2D eigenvalue weighted by molar-refractivity contribution is -0.362. The zero-order valence-corrected chi connectivity index (χ0v) is 27.8. The number of carbonyl (C=O) groups excluding carboxylic acids is 1. The minimum atomic E-state index is -5.86. The molecule has 260 valence electrons. The number of ketones is 1. The zero-order valence-electron chi connectivity index (χ0n) is 27.8. The Morgan fingerprint density at radius 1 is 1.04 bits per heavy atom. The average molecular weight is 672 g/mol. The van der Waals surface area contributed by atoms with Crippen LogP contribution in [0.5, 0.6) is 0 Å². The summed E-state index contributed by atoms with van der Waals surface area (Å²) >= 11 is 0. The number of aliphatic hydroxyl groups is 1. The summed E-state index contributed by atoms with van der Waals surface area (Å²) in [4.78, 5) is 20.9. The lowest BCUT2D eigenvalue weighted by Gasteiger charge is -2.56. The van der Waals surface area contributed by atoms with Crippen molar-refractivity contribution in [1.82, 2.24) is 9.80 Å². The molecule has 48 heavy (non-hydrogen) atoms. The van der Waals surface area contributed by atoms with Gasteiger partial charge in [0.1, 0.15) is 5.60 Å². The fraction of sp³-hybridized carbons (Fsp3) is 0.579. The molecule has 1 heterocycles. The van der Waals surface area contributed by atoms with Gasteiger partial charge in [0.15, 0.2) is 5.78 Å². The fourth-order valence-electron chi connectivity index (χ4n) is 9.58. The zero-order chi connectivity index (χ0) is 34.5. The molecular weight excluding hydrogens is 625 g/mol. The minimum absolute atomic E-state index is 0.00997. The van der Waals surface area contributed by atoms with Crippen molar-refractivity contribution < 1.29 is 31.9 Å². The SMILES string of the molecule is C=N/C=C\C(=C/C)CN1CCN(Cc2ccc([C@H]3C[C@@]4(C)C(CC[C@@]4(O)C(F)(F)C(F)(F)F)C4CCC5=CC(=O)CCC5=C43)cc2)CC1. The third-order valence-electron chi connectivity index (χ3n) is 12.2. The summed E-state index contributed by atoms with van der Waals surface area (Å²) in [6.07, 6.45) is 3.18. The number of aliphatic imine (C=N–C) groups is 1. The van der Waals surface area contributed by atoms with E-state index < -0.39 is 41.4 Å². The first kappa shape index (κ1) is 34.9. The van der Waals surface area contributed by atoms with E-state index in [1.807, 2.05) is 37.3 Å². The molecule has 0 spiro atoms. The Morgan fingerprint density at radius 2 is 1.73 bits per heavy atom. The van der Waals surface area contributed by atoms with Crippen LogP contribution in [0.3, 0.4) is 0 Å². The first-order valence-corrected chi connectivity index (χ1v) is 17.2. The molecule has 1 aliphatic heterocycles. The molecule has 1 aromatic rings. The van der Waals surface area contributed by atoms with Gasteiger partial charge >= 0.3 is 12.1 Å². The summed E-state index contributed by atoms with van der Waals surface area (Å²) in [6, 6.07) is 8.06. The number of carbonyl (C=O) groups is 1. The van der Waals surface area contributed by atoms with Crippen molar-refractivity contribution in [3.63, 3.8) is 0 Å². The number of allylic oxidation sites excluding steroid dienone is 5. The van der Waals surface area contributed by atoms with Gasteiger partial charge in [0, 0.05) is 63.2 Å². The maximum Gasteiger partial charge on any atom is 0.456 e. The Morgan fingerprint density at radius 3 is 2.38 bits per heavy atom. The minimum Gasteiger partial charge on any atom is -0.383 e. The Bertz CT molecular complexity index is 1540. The van der Waals surface area contributed by atoms with E-state index in [0.29, 0.717) is 25.7 Å². The summed E-state index contributed by atoms with van der Waals surface area (Å²) in [7, 11) is 0. The first-order valence-electron chi connectivity index (χ1n) is 17.2. The van der Waals surface area contributed by atoms with Crippen molar-refractivity contribution in [2.45, 2.75) is 89.0 Å². The first-order chi connectivity index (χ1) is 22.7. The Balaban J connectivity index is 1.26. The molecule has 3 fully saturated rings. The summed E-state index contributed by atoms with van der Waals surface area (Å²) in [5.41, 5.74) is 1.44. The van der Waals surface area contributed by atoms with Crippen molar-refractivity contribution in [3.05, 3.63) is 82.1 Å².